The lowest BCUT2D eigenvalue weighted by atomic mass is 9.96. The van der Waals surface area contributed by atoms with Gasteiger partial charge in [-0.1, -0.05) is 30.3 Å². The van der Waals surface area contributed by atoms with E-state index in [0.717, 1.165) is 68.6 Å². The van der Waals surface area contributed by atoms with Crippen molar-refractivity contribution < 1.29 is 19.8 Å². The van der Waals surface area contributed by atoms with Gasteiger partial charge in [-0.15, -0.1) is 0 Å². The van der Waals surface area contributed by atoms with Gasteiger partial charge in [-0.3, -0.25) is 14.9 Å². The number of hydrogen-bond acceptors (Lipinski definition) is 5. The fourth-order valence-electron chi connectivity index (χ4n) is 6.02. The molecule has 0 aliphatic carbocycles. The third-order valence-electron chi connectivity index (χ3n) is 7.44. The van der Waals surface area contributed by atoms with E-state index in [4.69, 9.17) is 5.11 Å². The van der Waals surface area contributed by atoms with Gasteiger partial charge in [0.1, 0.15) is 0 Å². The largest absolute Gasteiger partial charge is 0.394 e. The van der Waals surface area contributed by atoms with E-state index in [2.05, 4.69) is 32.3 Å². The number of nitrogens with one attached hydrogen (secondary N) is 3. The zero-order valence-electron chi connectivity index (χ0n) is 18.9. The highest BCUT2D eigenvalue weighted by molar-refractivity contribution is 6.39. The molecule has 0 bridgehead atoms. The fraction of sp³-hybridized carbons (Fsp3) is 0.259. The number of hydrogen-bond donors (Lipinski definition) is 5. The number of carbonyl (C=O) groups excluding carboxylic acids is 2. The van der Waals surface area contributed by atoms with Crippen LogP contribution in [0, 0.1) is 0 Å². The van der Waals surface area contributed by atoms with Gasteiger partial charge < -0.3 is 25.1 Å². The summed E-state index contributed by atoms with van der Waals surface area (Å²) in [4.78, 5) is 29.7. The Kier molecular flexibility index (Phi) is 4.36. The number of benzene rings is 3. The molecule has 8 heteroatoms. The molecule has 4 heterocycles. The Morgan fingerprint density at radius 2 is 1.86 bits per heavy atom. The third-order valence-corrected chi connectivity index (χ3v) is 7.44. The van der Waals surface area contributed by atoms with Crippen LogP contribution in [0.25, 0.3) is 43.6 Å². The molecule has 2 aromatic heterocycles. The molecule has 8 nitrogen and oxygen atoms in total. The van der Waals surface area contributed by atoms with Crippen molar-refractivity contribution in [1.82, 2.24) is 20.2 Å². The summed E-state index contributed by atoms with van der Waals surface area (Å²) >= 11 is 0. The summed E-state index contributed by atoms with van der Waals surface area (Å²) in [5.41, 5.74) is 7.10. The molecule has 2 aliphatic rings. The second kappa shape index (κ2) is 7.39. The molecule has 5 aromatic rings. The summed E-state index contributed by atoms with van der Waals surface area (Å²) in [6.45, 7) is 1.39. The first kappa shape index (κ1) is 20.6. The minimum Gasteiger partial charge on any atom is -0.394 e. The van der Waals surface area contributed by atoms with Crippen LogP contribution in [0.1, 0.15) is 38.3 Å². The Hall–Kier alpha value is -3.72. The molecule has 35 heavy (non-hydrogen) atoms. The monoisotopic (exact) mass is 468 g/mol. The number of aromatic nitrogens is 2. The van der Waals surface area contributed by atoms with Crippen LogP contribution in [-0.2, 0) is 19.5 Å². The summed E-state index contributed by atoms with van der Waals surface area (Å²) in [6.07, 6.45) is 1.22. The lowest BCUT2D eigenvalue weighted by molar-refractivity contribution is 0.0880. The first-order valence-corrected chi connectivity index (χ1v) is 12.0. The minimum atomic E-state index is -0.802. The lowest BCUT2D eigenvalue weighted by Crippen LogP contribution is -2.28. The first-order valence-electron chi connectivity index (χ1n) is 12.0. The fourth-order valence-corrected chi connectivity index (χ4v) is 6.02. The second-order valence-corrected chi connectivity index (χ2v) is 9.55. The maximum Gasteiger partial charge on any atom is 0.259 e. The zero-order valence-corrected chi connectivity index (χ0v) is 18.9. The van der Waals surface area contributed by atoms with Crippen molar-refractivity contribution in [2.24, 2.45) is 0 Å². The Balaban J connectivity index is 1.54. The number of aliphatic hydroxyl groups excluding tert-OH is 2. The Bertz CT molecular complexity index is 1730. The quantitative estimate of drug-likeness (QED) is 0.254. The summed E-state index contributed by atoms with van der Waals surface area (Å²) in [7, 11) is 0. The van der Waals surface area contributed by atoms with Crippen LogP contribution in [0.4, 0.5) is 0 Å². The van der Waals surface area contributed by atoms with E-state index in [1.54, 1.807) is 0 Å². The predicted octanol–water partition coefficient (Wildman–Crippen LogP) is 2.70. The van der Waals surface area contributed by atoms with Crippen molar-refractivity contribution >= 4 is 55.4 Å². The number of para-hydroxylation sites is 1. The van der Waals surface area contributed by atoms with E-state index in [-0.39, 0.29) is 18.4 Å². The molecule has 0 radical (unpaired) electrons. The van der Waals surface area contributed by atoms with Gasteiger partial charge in [0, 0.05) is 46.7 Å². The molecule has 0 saturated carbocycles. The van der Waals surface area contributed by atoms with Crippen molar-refractivity contribution in [2.45, 2.75) is 32.0 Å². The van der Waals surface area contributed by atoms with Crippen LogP contribution >= 0.6 is 0 Å². The number of nitrogens with zero attached hydrogens (tertiary/aromatic N) is 1. The highest BCUT2D eigenvalue weighted by atomic mass is 16.3. The Labute approximate surface area is 199 Å². The molecular weight excluding hydrogens is 444 g/mol. The van der Waals surface area contributed by atoms with Gasteiger partial charge in [0.15, 0.2) is 0 Å². The molecule has 0 fully saturated rings. The van der Waals surface area contributed by atoms with Crippen molar-refractivity contribution in [2.75, 3.05) is 13.2 Å². The Morgan fingerprint density at radius 3 is 2.69 bits per heavy atom. The molecule has 5 N–H and O–H groups in total. The van der Waals surface area contributed by atoms with E-state index in [0.29, 0.717) is 24.2 Å². The van der Waals surface area contributed by atoms with Gasteiger partial charge >= 0.3 is 0 Å². The van der Waals surface area contributed by atoms with E-state index in [1.165, 1.54) is 5.56 Å². The molecule has 1 unspecified atom stereocenters. The van der Waals surface area contributed by atoms with E-state index < -0.39 is 6.10 Å². The van der Waals surface area contributed by atoms with Crippen molar-refractivity contribution in [1.29, 1.82) is 0 Å². The van der Waals surface area contributed by atoms with Crippen molar-refractivity contribution in [3.05, 3.63) is 58.7 Å². The molecule has 7 rings (SSSR count). The predicted molar refractivity (Wildman–Crippen MR) is 134 cm³/mol. The number of aliphatic hydroxyl groups is 2. The van der Waals surface area contributed by atoms with Crippen LogP contribution < -0.4 is 10.6 Å². The SMILES string of the molecule is O=C1NC(=O)c2c1c1c3ccc(CNCC(O)CO)cc3[nH]c1c1c2c2cccc3c2n1CCC3. The van der Waals surface area contributed by atoms with Gasteiger partial charge in [0.2, 0.25) is 0 Å². The smallest absolute Gasteiger partial charge is 0.259 e. The summed E-state index contributed by atoms with van der Waals surface area (Å²) in [5.74, 6) is -0.688. The van der Waals surface area contributed by atoms with Crippen LogP contribution in [0.3, 0.4) is 0 Å². The van der Waals surface area contributed by atoms with Gasteiger partial charge in [-0.05, 0) is 30.0 Å². The van der Waals surface area contributed by atoms with Gasteiger partial charge in [0.25, 0.3) is 11.8 Å². The van der Waals surface area contributed by atoms with Gasteiger partial charge in [-0.25, -0.2) is 0 Å². The first-order chi connectivity index (χ1) is 17.1. The third kappa shape index (κ3) is 2.78. The lowest BCUT2D eigenvalue weighted by Gasteiger charge is -2.16. The number of amides is 2. The van der Waals surface area contributed by atoms with E-state index in [9.17, 15) is 14.7 Å². The van der Waals surface area contributed by atoms with Crippen molar-refractivity contribution in [3.8, 4) is 0 Å². The molecule has 1 atom stereocenters. The molecule has 2 aliphatic heterocycles. The van der Waals surface area contributed by atoms with Crippen LogP contribution in [-0.4, -0.2) is 50.8 Å². The van der Waals surface area contributed by atoms with Crippen molar-refractivity contribution in [3.63, 3.8) is 0 Å². The maximum atomic E-state index is 13.1. The number of aryl methyl sites for hydroxylation is 2. The number of rotatable bonds is 5. The van der Waals surface area contributed by atoms with E-state index >= 15 is 0 Å². The topological polar surface area (TPSA) is 119 Å². The van der Waals surface area contributed by atoms with Crippen LogP contribution in [0.2, 0.25) is 0 Å². The highest BCUT2D eigenvalue weighted by Crippen LogP contribution is 2.45. The molecule has 176 valence electrons. The van der Waals surface area contributed by atoms with Gasteiger partial charge in [0.05, 0.1) is 40.4 Å². The normalized spacial score (nSPS) is 16.1. The Morgan fingerprint density at radius 1 is 1.03 bits per heavy atom. The van der Waals surface area contributed by atoms with Gasteiger partial charge in [-0.2, -0.15) is 0 Å². The number of H-pyrrole nitrogens is 1. The molecular formula is C27H24N4O4. The minimum absolute atomic E-state index is 0.286. The molecule has 3 aromatic carbocycles. The number of imide groups is 1. The number of carbonyl (C=O) groups is 2. The summed E-state index contributed by atoms with van der Waals surface area (Å²) in [5, 5.41) is 27.8. The zero-order chi connectivity index (χ0) is 23.8. The average molecular weight is 469 g/mol. The molecule has 2 amide bonds. The average Bonchev–Trinajstić information content (AvgIpc) is 3.49. The van der Waals surface area contributed by atoms with Crippen LogP contribution in [0.5, 0.6) is 0 Å². The highest BCUT2D eigenvalue weighted by Gasteiger charge is 2.36. The summed E-state index contributed by atoms with van der Waals surface area (Å²) in [6, 6.07) is 12.2. The summed E-state index contributed by atoms with van der Waals surface area (Å²) < 4.78 is 2.32. The van der Waals surface area contributed by atoms with E-state index in [1.807, 2.05) is 24.3 Å². The maximum absolute atomic E-state index is 13.1. The molecule has 0 spiro atoms. The van der Waals surface area contributed by atoms with Crippen LogP contribution in [0.15, 0.2) is 36.4 Å². The standard InChI is InChI=1S/C27H24N4O4/c32-12-15(33)11-28-10-13-6-7-16-18(9-13)29-23-19(16)21-22(27(35)30-26(21)34)20-17-5-1-3-14-4-2-8-31(24(14)17)25(20)23/h1,3,5-7,9,15,28-29,32-33H,2,4,8,10-12H2,(H,30,34,35). The second-order valence-electron chi connectivity index (χ2n) is 9.55. The number of fused-ring (bicyclic) bond motifs is 10. The molecule has 0 saturated heterocycles. The number of aromatic amines is 1.